The van der Waals surface area contributed by atoms with Crippen LogP contribution in [0.5, 0.6) is 5.75 Å². The minimum atomic E-state index is 0.728. The van der Waals surface area contributed by atoms with Gasteiger partial charge < -0.3 is 4.74 Å². The molecule has 0 aromatic heterocycles. The van der Waals surface area contributed by atoms with Gasteiger partial charge in [-0.25, -0.2) is 0 Å². The van der Waals surface area contributed by atoms with Crippen molar-refractivity contribution in [2.24, 2.45) is 0 Å². The number of aryl methyl sites for hydroxylation is 1. The Hall–Kier alpha value is -1.76. The third-order valence-electron chi connectivity index (χ3n) is 2.46. The maximum Gasteiger partial charge on any atom is 0.119 e. The van der Waals surface area contributed by atoms with Gasteiger partial charge in [0.15, 0.2) is 0 Å². The lowest BCUT2D eigenvalue weighted by molar-refractivity contribution is 0.311. The van der Waals surface area contributed by atoms with E-state index < -0.39 is 0 Å². The van der Waals surface area contributed by atoms with Crippen molar-refractivity contribution in [1.82, 2.24) is 0 Å². The summed E-state index contributed by atoms with van der Waals surface area (Å²) >= 11 is 0. The minimum absolute atomic E-state index is 0.728. The minimum Gasteiger partial charge on any atom is -0.494 e. The highest BCUT2D eigenvalue weighted by Gasteiger charge is 1.95. The summed E-state index contributed by atoms with van der Waals surface area (Å²) in [4.78, 5) is 0. The Kier molecular flexibility index (Phi) is 5.87. The van der Waals surface area contributed by atoms with Crippen LogP contribution in [0.25, 0.3) is 0 Å². The van der Waals surface area contributed by atoms with Crippen LogP contribution in [0.3, 0.4) is 0 Å². The zero-order valence-corrected chi connectivity index (χ0v) is 10.5. The molecule has 1 aromatic carbocycles. The molecule has 1 nitrogen and oxygen atoms in total. The first-order valence-electron chi connectivity index (χ1n) is 5.89. The van der Waals surface area contributed by atoms with E-state index >= 15 is 0 Å². The molecular formula is C16H20O. The van der Waals surface area contributed by atoms with E-state index in [1.807, 2.05) is 30.4 Å². The normalized spacial score (nSPS) is 11.0. The smallest absolute Gasteiger partial charge is 0.119 e. The van der Waals surface area contributed by atoms with Crippen LogP contribution in [-0.2, 0) is 0 Å². The monoisotopic (exact) mass is 228 g/mol. The van der Waals surface area contributed by atoms with E-state index in [9.17, 15) is 0 Å². The van der Waals surface area contributed by atoms with Crippen LogP contribution < -0.4 is 4.74 Å². The molecule has 0 saturated carbocycles. The summed E-state index contributed by atoms with van der Waals surface area (Å²) in [6.07, 6.45) is 7.60. The first kappa shape index (κ1) is 13.3. The number of hydrogen-bond donors (Lipinski definition) is 0. The zero-order chi connectivity index (χ0) is 12.5. The third kappa shape index (κ3) is 5.21. The fourth-order valence-electron chi connectivity index (χ4n) is 1.58. The molecule has 0 spiro atoms. The molecule has 0 aliphatic heterocycles. The summed E-state index contributed by atoms with van der Waals surface area (Å²) < 4.78 is 5.67. The number of benzene rings is 1. The van der Waals surface area contributed by atoms with Gasteiger partial charge in [-0.05, 0) is 43.0 Å². The molecule has 0 unspecified atom stereocenters. The Balaban J connectivity index is 2.31. The molecular weight excluding hydrogens is 208 g/mol. The van der Waals surface area contributed by atoms with E-state index in [4.69, 9.17) is 4.74 Å². The third-order valence-corrected chi connectivity index (χ3v) is 2.46. The molecule has 0 radical (unpaired) electrons. The number of allylic oxidation sites excluding steroid dienone is 4. The second kappa shape index (κ2) is 7.50. The van der Waals surface area contributed by atoms with Crippen LogP contribution in [0.1, 0.15) is 18.4 Å². The quantitative estimate of drug-likeness (QED) is 0.495. The second-order valence-electron chi connectivity index (χ2n) is 3.95. The molecule has 0 aliphatic carbocycles. The maximum absolute atomic E-state index is 5.67. The van der Waals surface area contributed by atoms with Gasteiger partial charge in [0, 0.05) is 0 Å². The molecule has 0 heterocycles. The van der Waals surface area contributed by atoms with Gasteiger partial charge in [-0.2, -0.15) is 0 Å². The standard InChI is InChI=1S/C16H20O/c1-4-8-15(5-2)10-7-12-17-16-11-6-9-14(3)13-16/h4-6,8-9,11,13H,1-2,7,10,12H2,3H3/b15-8+. The van der Waals surface area contributed by atoms with Crippen molar-refractivity contribution in [2.45, 2.75) is 19.8 Å². The molecule has 1 rings (SSSR count). The Morgan fingerprint density at radius 2 is 2.18 bits per heavy atom. The van der Waals surface area contributed by atoms with E-state index in [-0.39, 0.29) is 0 Å². The lowest BCUT2D eigenvalue weighted by atomic mass is 10.1. The summed E-state index contributed by atoms with van der Waals surface area (Å²) in [6, 6.07) is 8.11. The average molecular weight is 228 g/mol. The van der Waals surface area contributed by atoms with E-state index in [2.05, 4.69) is 26.1 Å². The highest BCUT2D eigenvalue weighted by molar-refractivity contribution is 5.27. The SMILES string of the molecule is C=C/C=C(\C=C)CCCOc1cccc(C)c1. The first-order chi connectivity index (χ1) is 8.26. The molecule has 1 heteroatoms. The molecule has 0 atom stereocenters. The topological polar surface area (TPSA) is 9.23 Å². The maximum atomic E-state index is 5.67. The summed E-state index contributed by atoms with van der Waals surface area (Å²) in [6.45, 7) is 10.2. The number of hydrogen-bond acceptors (Lipinski definition) is 1. The van der Waals surface area contributed by atoms with E-state index in [0.29, 0.717) is 0 Å². The molecule has 0 bridgehead atoms. The predicted octanol–water partition coefficient (Wildman–Crippen LogP) is 4.45. The molecule has 0 N–H and O–H groups in total. The summed E-state index contributed by atoms with van der Waals surface area (Å²) in [5.74, 6) is 0.942. The molecule has 0 aliphatic rings. The van der Waals surface area contributed by atoms with Gasteiger partial charge in [-0.3, -0.25) is 0 Å². The Morgan fingerprint density at radius 1 is 1.35 bits per heavy atom. The largest absolute Gasteiger partial charge is 0.494 e. The molecule has 0 amide bonds. The summed E-state index contributed by atoms with van der Waals surface area (Å²) in [7, 11) is 0. The highest BCUT2D eigenvalue weighted by Crippen LogP contribution is 2.13. The van der Waals surface area contributed by atoms with Gasteiger partial charge in [-0.15, -0.1) is 0 Å². The average Bonchev–Trinajstić information content (AvgIpc) is 2.33. The van der Waals surface area contributed by atoms with E-state index in [1.165, 1.54) is 11.1 Å². The molecule has 1 aromatic rings. The van der Waals surface area contributed by atoms with Gasteiger partial charge in [0.25, 0.3) is 0 Å². The van der Waals surface area contributed by atoms with Crippen LogP contribution in [0.4, 0.5) is 0 Å². The molecule has 90 valence electrons. The Morgan fingerprint density at radius 3 is 2.82 bits per heavy atom. The van der Waals surface area contributed by atoms with Crippen molar-refractivity contribution in [1.29, 1.82) is 0 Å². The number of rotatable bonds is 7. The number of ether oxygens (including phenoxy) is 1. The Bertz CT molecular complexity index is 402. The van der Waals surface area contributed by atoms with Gasteiger partial charge in [0.1, 0.15) is 5.75 Å². The van der Waals surface area contributed by atoms with E-state index in [1.54, 1.807) is 6.08 Å². The summed E-state index contributed by atoms with van der Waals surface area (Å²) in [5.41, 5.74) is 2.42. The molecule has 0 fully saturated rings. The van der Waals surface area contributed by atoms with Gasteiger partial charge >= 0.3 is 0 Å². The van der Waals surface area contributed by atoms with Gasteiger partial charge in [0.2, 0.25) is 0 Å². The Labute approximate surface area is 104 Å². The van der Waals surface area contributed by atoms with Crippen LogP contribution >= 0.6 is 0 Å². The zero-order valence-electron chi connectivity index (χ0n) is 10.5. The second-order valence-corrected chi connectivity index (χ2v) is 3.95. The lowest BCUT2D eigenvalue weighted by Crippen LogP contribution is -1.97. The fourth-order valence-corrected chi connectivity index (χ4v) is 1.58. The lowest BCUT2D eigenvalue weighted by Gasteiger charge is -2.07. The van der Waals surface area contributed by atoms with Crippen LogP contribution in [-0.4, -0.2) is 6.61 Å². The van der Waals surface area contributed by atoms with Crippen LogP contribution in [0, 0.1) is 6.92 Å². The van der Waals surface area contributed by atoms with Gasteiger partial charge in [-0.1, -0.05) is 43.5 Å². The van der Waals surface area contributed by atoms with Crippen molar-refractivity contribution >= 4 is 0 Å². The predicted molar refractivity (Wildman–Crippen MR) is 74.4 cm³/mol. The highest BCUT2D eigenvalue weighted by atomic mass is 16.5. The van der Waals surface area contributed by atoms with Crippen molar-refractivity contribution in [3.63, 3.8) is 0 Å². The van der Waals surface area contributed by atoms with Crippen molar-refractivity contribution in [3.8, 4) is 5.75 Å². The summed E-state index contributed by atoms with van der Waals surface area (Å²) in [5, 5.41) is 0. The molecule has 0 saturated heterocycles. The van der Waals surface area contributed by atoms with Crippen molar-refractivity contribution in [2.75, 3.05) is 6.61 Å². The first-order valence-corrected chi connectivity index (χ1v) is 5.89. The fraction of sp³-hybridized carbons (Fsp3) is 0.250. The van der Waals surface area contributed by atoms with E-state index in [0.717, 1.165) is 25.2 Å². The van der Waals surface area contributed by atoms with Crippen LogP contribution in [0.15, 0.2) is 61.2 Å². The van der Waals surface area contributed by atoms with Crippen LogP contribution in [0.2, 0.25) is 0 Å². The van der Waals surface area contributed by atoms with Gasteiger partial charge in [0.05, 0.1) is 6.61 Å². The van der Waals surface area contributed by atoms with Crippen molar-refractivity contribution in [3.05, 3.63) is 66.8 Å². The van der Waals surface area contributed by atoms with Crippen molar-refractivity contribution < 1.29 is 4.74 Å². The molecule has 17 heavy (non-hydrogen) atoms.